The Balaban J connectivity index is 1.77. The van der Waals surface area contributed by atoms with Crippen LogP contribution in [-0.2, 0) is 9.59 Å². The molecule has 2 aromatic carbocycles. The van der Waals surface area contributed by atoms with Gasteiger partial charge in [-0.3, -0.25) is 9.59 Å². The summed E-state index contributed by atoms with van der Waals surface area (Å²) in [5, 5.41) is 7.11. The van der Waals surface area contributed by atoms with Gasteiger partial charge in [-0.15, -0.1) is 11.8 Å². The number of carbonyl (C=O) groups is 2. The molecule has 2 rings (SSSR count). The van der Waals surface area contributed by atoms with Crippen LogP contribution < -0.4 is 20.7 Å². The van der Waals surface area contributed by atoms with Crippen LogP contribution >= 0.6 is 11.8 Å². The van der Waals surface area contributed by atoms with Gasteiger partial charge in [0.05, 0.1) is 22.9 Å². The van der Waals surface area contributed by atoms with Crippen LogP contribution in [0.1, 0.15) is 25.0 Å². The summed E-state index contributed by atoms with van der Waals surface area (Å²) in [6.07, 6.45) is 3.18. The molecule has 0 aliphatic rings. The standard InChI is InChI=1S/C24H32N6O2S/c1-17(23(31)27-25-15-19-7-11-21(12-8-19)29(3)4)33-18(2)24(32)28-26-16-20-9-13-22(14-10-20)30(5)6/h7-18H,1-6H3,(H,27,31)(H,28,32)/b25-15+,26-16+. The van der Waals surface area contributed by atoms with E-state index in [-0.39, 0.29) is 11.8 Å². The number of anilines is 2. The number of nitrogens with one attached hydrogen (secondary N) is 2. The van der Waals surface area contributed by atoms with E-state index in [2.05, 4.69) is 21.1 Å². The Morgan fingerprint density at radius 2 is 1.06 bits per heavy atom. The maximum Gasteiger partial charge on any atom is 0.252 e. The molecule has 0 aliphatic heterocycles. The molecule has 2 amide bonds. The Hall–Kier alpha value is -3.33. The van der Waals surface area contributed by atoms with Gasteiger partial charge in [0.15, 0.2) is 0 Å². The fraction of sp³-hybridized carbons (Fsp3) is 0.333. The molecule has 0 saturated heterocycles. The molecule has 0 bridgehead atoms. The first-order valence-electron chi connectivity index (χ1n) is 10.5. The Kier molecular flexibility index (Phi) is 9.93. The van der Waals surface area contributed by atoms with E-state index in [1.165, 1.54) is 11.8 Å². The fourth-order valence-electron chi connectivity index (χ4n) is 2.67. The Morgan fingerprint density at radius 1 is 0.727 bits per heavy atom. The highest BCUT2D eigenvalue weighted by molar-refractivity contribution is 8.01. The van der Waals surface area contributed by atoms with Crippen molar-refractivity contribution in [1.29, 1.82) is 0 Å². The molecule has 176 valence electrons. The molecule has 2 atom stereocenters. The van der Waals surface area contributed by atoms with Crippen LogP contribution in [0.25, 0.3) is 0 Å². The van der Waals surface area contributed by atoms with Gasteiger partial charge in [-0.2, -0.15) is 10.2 Å². The third kappa shape index (κ3) is 8.61. The number of hydrogen-bond donors (Lipinski definition) is 2. The molecule has 0 radical (unpaired) electrons. The summed E-state index contributed by atoms with van der Waals surface area (Å²) in [5.41, 5.74) is 8.97. The third-order valence-electron chi connectivity index (χ3n) is 4.74. The summed E-state index contributed by atoms with van der Waals surface area (Å²) < 4.78 is 0. The summed E-state index contributed by atoms with van der Waals surface area (Å²) in [6.45, 7) is 3.47. The molecule has 2 aromatic rings. The topological polar surface area (TPSA) is 89.4 Å². The first kappa shape index (κ1) is 25.9. The normalized spacial score (nSPS) is 13.0. The van der Waals surface area contributed by atoms with E-state index in [0.717, 1.165) is 22.5 Å². The molecule has 8 nitrogen and oxygen atoms in total. The molecule has 0 saturated carbocycles. The van der Waals surface area contributed by atoms with Gasteiger partial charge >= 0.3 is 0 Å². The van der Waals surface area contributed by atoms with Crippen molar-refractivity contribution in [2.75, 3.05) is 38.0 Å². The third-order valence-corrected chi connectivity index (χ3v) is 5.99. The molecule has 2 unspecified atom stereocenters. The predicted molar refractivity (Wildman–Crippen MR) is 140 cm³/mol. The highest BCUT2D eigenvalue weighted by Crippen LogP contribution is 2.18. The molecular formula is C24H32N6O2S. The van der Waals surface area contributed by atoms with Crippen LogP contribution in [0.15, 0.2) is 58.7 Å². The largest absolute Gasteiger partial charge is 0.378 e. The van der Waals surface area contributed by atoms with Crippen molar-refractivity contribution in [2.45, 2.75) is 24.3 Å². The van der Waals surface area contributed by atoms with Gasteiger partial charge in [0.1, 0.15) is 0 Å². The quantitative estimate of drug-likeness (QED) is 0.413. The van der Waals surface area contributed by atoms with Crippen molar-refractivity contribution in [3.63, 3.8) is 0 Å². The average Bonchev–Trinajstić information content (AvgIpc) is 2.79. The molecule has 9 heteroatoms. The average molecular weight is 469 g/mol. The monoisotopic (exact) mass is 468 g/mol. The van der Waals surface area contributed by atoms with E-state index >= 15 is 0 Å². The highest BCUT2D eigenvalue weighted by atomic mass is 32.2. The minimum atomic E-state index is -0.457. The summed E-state index contributed by atoms with van der Waals surface area (Å²) in [6, 6.07) is 15.6. The number of carbonyl (C=O) groups excluding carboxylic acids is 2. The molecule has 0 aromatic heterocycles. The molecule has 0 fully saturated rings. The van der Waals surface area contributed by atoms with E-state index in [1.807, 2.05) is 86.5 Å². The Morgan fingerprint density at radius 3 is 1.36 bits per heavy atom. The first-order chi connectivity index (χ1) is 15.7. The van der Waals surface area contributed by atoms with Crippen LogP contribution in [0, 0.1) is 0 Å². The number of hydrazone groups is 2. The van der Waals surface area contributed by atoms with Crippen molar-refractivity contribution < 1.29 is 9.59 Å². The van der Waals surface area contributed by atoms with Crippen molar-refractivity contribution in [2.24, 2.45) is 10.2 Å². The lowest BCUT2D eigenvalue weighted by Gasteiger charge is -2.14. The summed E-state index contributed by atoms with van der Waals surface area (Å²) >= 11 is 1.24. The van der Waals surface area contributed by atoms with Crippen molar-refractivity contribution in [3.05, 3.63) is 59.7 Å². The van der Waals surface area contributed by atoms with Gasteiger partial charge < -0.3 is 9.80 Å². The van der Waals surface area contributed by atoms with Gasteiger partial charge in [-0.1, -0.05) is 24.3 Å². The predicted octanol–water partition coefficient (Wildman–Crippen LogP) is 2.93. The number of thioether (sulfide) groups is 1. The molecular weight excluding hydrogens is 436 g/mol. The zero-order valence-electron chi connectivity index (χ0n) is 19.9. The zero-order chi connectivity index (χ0) is 24.4. The van der Waals surface area contributed by atoms with Gasteiger partial charge in [0.25, 0.3) is 11.8 Å². The lowest BCUT2D eigenvalue weighted by atomic mass is 10.2. The van der Waals surface area contributed by atoms with Gasteiger partial charge in [0, 0.05) is 39.6 Å². The fourth-order valence-corrected chi connectivity index (χ4v) is 3.63. The van der Waals surface area contributed by atoms with E-state index in [0.29, 0.717) is 0 Å². The van der Waals surface area contributed by atoms with E-state index in [1.54, 1.807) is 26.3 Å². The van der Waals surface area contributed by atoms with Crippen molar-refractivity contribution >= 4 is 47.4 Å². The van der Waals surface area contributed by atoms with E-state index in [9.17, 15) is 9.59 Å². The maximum atomic E-state index is 12.3. The van der Waals surface area contributed by atoms with Crippen LogP contribution in [0.5, 0.6) is 0 Å². The Labute approximate surface area is 200 Å². The second kappa shape index (κ2) is 12.6. The molecule has 0 aliphatic carbocycles. The van der Waals surface area contributed by atoms with Crippen molar-refractivity contribution in [1.82, 2.24) is 10.9 Å². The van der Waals surface area contributed by atoms with Crippen LogP contribution in [0.2, 0.25) is 0 Å². The van der Waals surface area contributed by atoms with Crippen LogP contribution in [-0.4, -0.2) is 62.9 Å². The van der Waals surface area contributed by atoms with Crippen LogP contribution in [0.3, 0.4) is 0 Å². The molecule has 2 N–H and O–H groups in total. The molecule has 33 heavy (non-hydrogen) atoms. The number of rotatable bonds is 10. The minimum absolute atomic E-state index is 0.273. The van der Waals surface area contributed by atoms with Gasteiger partial charge in [0.2, 0.25) is 0 Å². The summed E-state index contributed by atoms with van der Waals surface area (Å²) in [7, 11) is 7.89. The second-order valence-electron chi connectivity index (χ2n) is 7.86. The smallest absolute Gasteiger partial charge is 0.252 e. The number of amides is 2. The first-order valence-corrected chi connectivity index (χ1v) is 11.5. The maximum absolute atomic E-state index is 12.3. The van der Waals surface area contributed by atoms with Crippen molar-refractivity contribution in [3.8, 4) is 0 Å². The number of nitrogens with zero attached hydrogens (tertiary/aromatic N) is 4. The van der Waals surface area contributed by atoms with E-state index in [4.69, 9.17) is 0 Å². The summed E-state index contributed by atoms with van der Waals surface area (Å²) in [5.74, 6) is -0.546. The van der Waals surface area contributed by atoms with E-state index < -0.39 is 10.5 Å². The second-order valence-corrected chi connectivity index (χ2v) is 9.55. The molecule has 0 heterocycles. The number of hydrogen-bond acceptors (Lipinski definition) is 7. The SMILES string of the molecule is CC(SC(C)C(=O)N/N=C/c1ccc(N(C)C)cc1)C(=O)N/N=C/c1ccc(N(C)C)cc1. The lowest BCUT2D eigenvalue weighted by molar-refractivity contribution is -0.120. The van der Waals surface area contributed by atoms with Gasteiger partial charge in [-0.05, 0) is 49.2 Å². The highest BCUT2D eigenvalue weighted by Gasteiger charge is 2.21. The van der Waals surface area contributed by atoms with Crippen LogP contribution in [0.4, 0.5) is 11.4 Å². The molecule has 0 spiro atoms. The number of benzene rings is 2. The van der Waals surface area contributed by atoms with Gasteiger partial charge in [-0.25, -0.2) is 10.9 Å². The zero-order valence-corrected chi connectivity index (χ0v) is 20.8. The minimum Gasteiger partial charge on any atom is -0.378 e. The Bertz CT molecular complexity index is 892. The summed E-state index contributed by atoms with van der Waals surface area (Å²) in [4.78, 5) is 28.6. The lowest BCUT2D eigenvalue weighted by Crippen LogP contribution is -2.33.